The summed E-state index contributed by atoms with van der Waals surface area (Å²) in [4.78, 5) is 3.54. The van der Waals surface area contributed by atoms with Crippen molar-refractivity contribution in [2.75, 3.05) is 0 Å². The van der Waals surface area contributed by atoms with Gasteiger partial charge in [0.2, 0.25) is 0 Å². The molecular formula is C22H29NOSi. The van der Waals surface area contributed by atoms with Gasteiger partial charge in [0.05, 0.1) is 6.61 Å². The highest BCUT2D eigenvalue weighted by Crippen LogP contribution is 2.37. The molecule has 1 aromatic heterocycles. The number of H-pyrrole nitrogens is 1. The molecule has 1 N–H and O–H groups in total. The summed E-state index contributed by atoms with van der Waals surface area (Å²) in [5.41, 5.74) is 5.03. The zero-order chi connectivity index (χ0) is 18.1. The standard InChI is InChI=1S/C22H29NOSi/c1-22(2,3)25(4,5)24-16-18-11-12-21-19(13-18)15-20(23-21)14-17-9-7-6-8-10-17/h6-13,15,23H,14,16H2,1-5H3. The largest absolute Gasteiger partial charge is 0.413 e. The van der Waals surface area contributed by atoms with Crippen LogP contribution in [-0.4, -0.2) is 13.3 Å². The average Bonchev–Trinajstić information content (AvgIpc) is 2.94. The smallest absolute Gasteiger partial charge is 0.192 e. The first kappa shape index (κ1) is 18.0. The van der Waals surface area contributed by atoms with Crippen molar-refractivity contribution in [3.8, 4) is 0 Å². The van der Waals surface area contributed by atoms with E-state index in [1.165, 1.54) is 27.7 Å². The second-order valence-corrected chi connectivity index (χ2v) is 13.2. The molecular weight excluding hydrogens is 322 g/mol. The third-order valence-electron chi connectivity index (χ3n) is 5.38. The van der Waals surface area contributed by atoms with Crippen molar-refractivity contribution in [2.24, 2.45) is 0 Å². The van der Waals surface area contributed by atoms with Crippen molar-refractivity contribution in [2.45, 2.75) is 51.9 Å². The van der Waals surface area contributed by atoms with Gasteiger partial charge in [-0.2, -0.15) is 0 Å². The molecule has 3 heteroatoms. The summed E-state index contributed by atoms with van der Waals surface area (Å²) in [7, 11) is -1.71. The summed E-state index contributed by atoms with van der Waals surface area (Å²) in [5.74, 6) is 0. The van der Waals surface area contributed by atoms with Crippen molar-refractivity contribution in [1.82, 2.24) is 4.98 Å². The number of aromatic nitrogens is 1. The van der Waals surface area contributed by atoms with Crippen LogP contribution in [0.25, 0.3) is 10.9 Å². The van der Waals surface area contributed by atoms with Gasteiger partial charge in [0.15, 0.2) is 8.32 Å². The van der Waals surface area contributed by atoms with Crippen molar-refractivity contribution in [3.05, 3.63) is 71.4 Å². The van der Waals surface area contributed by atoms with Crippen LogP contribution < -0.4 is 0 Å². The van der Waals surface area contributed by atoms with Crippen molar-refractivity contribution in [3.63, 3.8) is 0 Å². The molecule has 0 aliphatic rings. The normalized spacial score (nSPS) is 12.7. The van der Waals surface area contributed by atoms with E-state index in [9.17, 15) is 0 Å². The molecule has 0 saturated carbocycles. The van der Waals surface area contributed by atoms with Crippen LogP contribution in [0.3, 0.4) is 0 Å². The summed E-state index contributed by atoms with van der Waals surface area (Å²) in [6, 6.07) is 19.5. The summed E-state index contributed by atoms with van der Waals surface area (Å²) >= 11 is 0. The first-order valence-electron chi connectivity index (χ1n) is 9.03. The molecule has 1 heterocycles. The van der Waals surface area contributed by atoms with Gasteiger partial charge in [-0.3, -0.25) is 0 Å². The monoisotopic (exact) mass is 351 g/mol. The summed E-state index contributed by atoms with van der Waals surface area (Å²) in [6.07, 6.45) is 0.936. The Kier molecular flexibility index (Phi) is 4.89. The minimum atomic E-state index is -1.71. The Morgan fingerprint density at radius 3 is 2.32 bits per heavy atom. The molecule has 0 amide bonds. The molecule has 0 unspecified atom stereocenters. The molecule has 3 aromatic rings. The van der Waals surface area contributed by atoms with Gasteiger partial charge < -0.3 is 9.41 Å². The van der Waals surface area contributed by atoms with Gasteiger partial charge >= 0.3 is 0 Å². The Bertz CT molecular complexity index is 843. The van der Waals surface area contributed by atoms with Gasteiger partial charge in [-0.15, -0.1) is 0 Å². The molecule has 0 fully saturated rings. The van der Waals surface area contributed by atoms with Crippen LogP contribution in [0.4, 0.5) is 0 Å². The molecule has 25 heavy (non-hydrogen) atoms. The lowest BCUT2D eigenvalue weighted by Crippen LogP contribution is -2.40. The van der Waals surface area contributed by atoms with E-state index in [0.29, 0.717) is 6.61 Å². The molecule has 3 rings (SSSR count). The zero-order valence-electron chi connectivity index (χ0n) is 16.0. The van der Waals surface area contributed by atoms with Gasteiger partial charge in [0.1, 0.15) is 0 Å². The Morgan fingerprint density at radius 1 is 0.920 bits per heavy atom. The maximum absolute atomic E-state index is 6.36. The molecule has 2 aromatic carbocycles. The lowest BCUT2D eigenvalue weighted by Gasteiger charge is -2.36. The van der Waals surface area contributed by atoms with Crippen LogP contribution in [0.1, 0.15) is 37.6 Å². The zero-order valence-corrected chi connectivity index (χ0v) is 17.0. The predicted octanol–water partition coefficient (Wildman–Crippen LogP) is 6.28. The quantitative estimate of drug-likeness (QED) is 0.538. The SMILES string of the molecule is CC(C)(C)[Si](C)(C)OCc1ccc2[nH]c(Cc3ccccc3)cc2c1. The number of nitrogens with one attached hydrogen (secondary N) is 1. The molecule has 0 aliphatic carbocycles. The Morgan fingerprint density at radius 2 is 1.64 bits per heavy atom. The van der Waals surface area contributed by atoms with E-state index in [2.05, 4.69) is 93.4 Å². The number of fused-ring (bicyclic) bond motifs is 1. The van der Waals surface area contributed by atoms with E-state index in [4.69, 9.17) is 4.43 Å². The van der Waals surface area contributed by atoms with Gasteiger partial charge in [-0.1, -0.05) is 57.2 Å². The van der Waals surface area contributed by atoms with Gasteiger partial charge in [-0.05, 0) is 47.5 Å². The van der Waals surface area contributed by atoms with E-state index < -0.39 is 8.32 Å². The number of benzene rings is 2. The van der Waals surface area contributed by atoms with Crippen LogP contribution in [0.5, 0.6) is 0 Å². The number of rotatable bonds is 5. The first-order valence-corrected chi connectivity index (χ1v) is 11.9. The van der Waals surface area contributed by atoms with Gasteiger partial charge in [-0.25, -0.2) is 0 Å². The summed E-state index contributed by atoms with van der Waals surface area (Å²) in [5, 5.41) is 1.51. The number of hydrogen-bond acceptors (Lipinski definition) is 1. The minimum Gasteiger partial charge on any atom is -0.413 e. The predicted molar refractivity (Wildman–Crippen MR) is 110 cm³/mol. The van der Waals surface area contributed by atoms with Crippen LogP contribution in [0.2, 0.25) is 18.1 Å². The Hall–Kier alpha value is -1.84. The van der Waals surface area contributed by atoms with Gasteiger partial charge in [0, 0.05) is 23.0 Å². The fourth-order valence-corrected chi connectivity index (χ4v) is 3.68. The maximum Gasteiger partial charge on any atom is 0.192 e. The van der Waals surface area contributed by atoms with E-state index in [1.807, 2.05) is 0 Å². The van der Waals surface area contributed by atoms with Crippen LogP contribution >= 0.6 is 0 Å². The van der Waals surface area contributed by atoms with E-state index >= 15 is 0 Å². The lowest BCUT2D eigenvalue weighted by molar-refractivity contribution is 0.276. The highest BCUT2D eigenvalue weighted by atomic mass is 28.4. The molecule has 0 saturated heterocycles. The van der Waals surface area contributed by atoms with Crippen LogP contribution in [0, 0.1) is 0 Å². The first-order chi connectivity index (χ1) is 11.7. The molecule has 0 atom stereocenters. The van der Waals surface area contributed by atoms with Gasteiger partial charge in [0.25, 0.3) is 0 Å². The maximum atomic E-state index is 6.36. The number of aromatic amines is 1. The van der Waals surface area contributed by atoms with Crippen molar-refractivity contribution in [1.29, 1.82) is 0 Å². The van der Waals surface area contributed by atoms with Crippen molar-refractivity contribution >= 4 is 19.2 Å². The molecule has 2 nitrogen and oxygen atoms in total. The molecule has 132 valence electrons. The summed E-state index contributed by atoms with van der Waals surface area (Å²) in [6.45, 7) is 12.2. The molecule has 0 aliphatic heterocycles. The third kappa shape index (κ3) is 4.23. The van der Waals surface area contributed by atoms with Crippen molar-refractivity contribution < 1.29 is 4.43 Å². The Labute approximate surface area is 152 Å². The highest BCUT2D eigenvalue weighted by molar-refractivity contribution is 6.74. The topological polar surface area (TPSA) is 25.0 Å². The molecule has 0 bridgehead atoms. The Balaban J connectivity index is 1.74. The average molecular weight is 352 g/mol. The van der Waals surface area contributed by atoms with E-state index in [1.54, 1.807) is 0 Å². The second kappa shape index (κ2) is 6.81. The number of hydrogen-bond donors (Lipinski definition) is 1. The minimum absolute atomic E-state index is 0.244. The van der Waals surface area contributed by atoms with Crippen LogP contribution in [0.15, 0.2) is 54.6 Å². The third-order valence-corrected chi connectivity index (χ3v) is 9.86. The second-order valence-electron chi connectivity index (χ2n) is 8.43. The molecule has 0 spiro atoms. The van der Waals surface area contributed by atoms with E-state index in [-0.39, 0.29) is 5.04 Å². The fourth-order valence-electron chi connectivity index (χ4n) is 2.72. The summed E-state index contributed by atoms with van der Waals surface area (Å²) < 4.78 is 6.36. The van der Waals surface area contributed by atoms with E-state index in [0.717, 1.165) is 6.42 Å². The fraction of sp³-hybridized carbons (Fsp3) is 0.364. The van der Waals surface area contributed by atoms with Crippen LogP contribution in [-0.2, 0) is 17.5 Å². The molecule has 0 radical (unpaired) electrons. The highest BCUT2D eigenvalue weighted by Gasteiger charge is 2.36. The lowest BCUT2D eigenvalue weighted by atomic mass is 10.1.